The lowest BCUT2D eigenvalue weighted by Gasteiger charge is -2.15. The summed E-state index contributed by atoms with van der Waals surface area (Å²) in [6.45, 7) is 6.32. The fourth-order valence-corrected chi connectivity index (χ4v) is 1.72. The van der Waals surface area contributed by atoms with Crippen molar-refractivity contribution in [2.24, 2.45) is 0 Å². The van der Waals surface area contributed by atoms with Gasteiger partial charge in [0.25, 0.3) is 0 Å². The number of hydrogen-bond acceptors (Lipinski definition) is 2. The van der Waals surface area contributed by atoms with Crippen LogP contribution in [0.5, 0.6) is 5.75 Å². The zero-order valence-corrected chi connectivity index (χ0v) is 8.72. The molecule has 0 bridgehead atoms. The molecule has 1 aromatic rings. The van der Waals surface area contributed by atoms with Crippen molar-refractivity contribution < 1.29 is 4.74 Å². The number of ether oxygens (including phenoxy) is 1. The molecule has 0 fully saturated rings. The van der Waals surface area contributed by atoms with Crippen molar-refractivity contribution in [3.8, 4) is 5.75 Å². The van der Waals surface area contributed by atoms with Gasteiger partial charge in [0.05, 0.1) is 7.11 Å². The number of methoxy groups -OCH3 is 1. The second kappa shape index (κ2) is 3.69. The summed E-state index contributed by atoms with van der Waals surface area (Å²) in [5.41, 5.74) is 9.09. The molecule has 0 spiro atoms. The Balaban J connectivity index is 3.30. The predicted molar refractivity (Wildman–Crippen MR) is 56.2 cm³/mol. The van der Waals surface area contributed by atoms with Gasteiger partial charge in [-0.2, -0.15) is 0 Å². The Morgan fingerprint density at radius 3 is 2.38 bits per heavy atom. The maximum absolute atomic E-state index is 5.89. The Hall–Kier alpha value is -1.18. The van der Waals surface area contributed by atoms with E-state index in [0.717, 1.165) is 17.0 Å². The van der Waals surface area contributed by atoms with Gasteiger partial charge in [-0.25, -0.2) is 0 Å². The van der Waals surface area contributed by atoms with Crippen molar-refractivity contribution in [1.29, 1.82) is 0 Å². The van der Waals surface area contributed by atoms with Gasteiger partial charge in [-0.1, -0.05) is 13.8 Å². The third kappa shape index (κ3) is 1.77. The molecule has 0 heterocycles. The number of nitrogens with two attached hydrogens (primary N) is 1. The molecule has 1 rings (SSSR count). The first-order valence-electron chi connectivity index (χ1n) is 4.51. The van der Waals surface area contributed by atoms with Crippen LogP contribution in [-0.4, -0.2) is 7.11 Å². The highest BCUT2D eigenvalue weighted by atomic mass is 16.5. The Labute approximate surface area is 79.7 Å². The van der Waals surface area contributed by atoms with Gasteiger partial charge in [-0.05, 0) is 36.1 Å². The van der Waals surface area contributed by atoms with Crippen molar-refractivity contribution in [1.82, 2.24) is 0 Å². The van der Waals surface area contributed by atoms with Gasteiger partial charge >= 0.3 is 0 Å². The molecule has 0 atom stereocenters. The van der Waals surface area contributed by atoms with E-state index in [1.165, 1.54) is 5.56 Å². The summed E-state index contributed by atoms with van der Waals surface area (Å²) >= 11 is 0. The minimum atomic E-state index is 0.440. The second-order valence-electron chi connectivity index (χ2n) is 3.55. The van der Waals surface area contributed by atoms with Gasteiger partial charge in [-0.15, -0.1) is 0 Å². The lowest BCUT2D eigenvalue weighted by atomic mass is 9.95. The van der Waals surface area contributed by atoms with E-state index in [-0.39, 0.29) is 0 Å². The van der Waals surface area contributed by atoms with E-state index in [2.05, 4.69) is 13.8 Å². The Morgan fingerprint density at radius 2 is 1.92 bits per heavy atom. The van der Waals surface area contributed by atoms with Crippen molar-refractivity contribution in [3.05, 3.63) is 23.3 Å². The highest BCUT2D eigenvalue weighted by Crippen LogP contribution is 2.31. The zero-order chi connectivity index (χ0) is 10.0. The minimum absolute atomic E-state index is 0.440. The largest absolute Gasteiger partial charge is 0.496 e. The fourth-order valence-electron chi connectivity index (χ4n) is 1.72. The molecule has 0 radical (unpaired) electrons. The molecule has 72 valence electrons. The highest BCUT2D eigenvalue weighted by molar-refractivity contribution is 5.57. The standard InChI is InChI=1S/C11H17NO/c1-7(2)11-8(3)10(13-4)6-5-9(11)12/h5-7H,12H2,1-4H3. The third-order valence-electron chi connectivity index (χ3n) is 2.30. The van der Waals surface area contributed by atoms with Crippen LogP contribution in [0.25, 0.3) is 0 Å². The van der Waals surface area contributed by atoms with Gasteiger partial charge < -0.3 is 10.5 Å². The quantitative estimate of drug-likeness (QED) is 0.708. The van der Waals surface area contributed by atoms with E-state index in [9.17, 15) is 0 Å². The molecule has 2 nitrogen and oxygen atoms in total. The van der Waals surface area contributed by atoms with Crippen LogP contribution in [0.3, 0.4) is 0 Å². The lowest BCUT2D eigenvalue weighted by molar-refractivity contribution is 0.411. The summed E-state index contributed by atoms with van der Waals surface area (Å²) in [7, 11) is 1.68. The first-order chi connectivity index (χ1) is 6.07. The summed E-state index contributed by atoms with van der Waals surface area (Å²) in [5.74, 6) is 1.35. The predicted octanol–water partition coefficient (Wildman–Crippen LogP) is 2.71. The first kappa shape index (κ1) is 9.90. The molecule has 2 N–H and O–H groups in total. The van der Waals surface area contributed by atoms with Gasteiger partial charge in [-0.3, -0.25) is 0 Å². The fraction of sp³-hybridized carbons (Fsp3) is 0.455. The number of hydrogen-bond donors (Lipinski definition) is 1. The van der Waals surface area contributed by atoms with Crippen molar-refractivity contribution in [2.75, 3.05) is 12.8 Å². The van der Waals surface area contributed by atoms with Crippen molar-refractivity contribution >= 4 is 5.69 Å². The molecule has 0 unspecified atom stereocenters. The van der Waals surface area contributed by atoms with Crippen molar-refractivity contribution in [3.63, 3.8) is 0 Å². The van der Waals surface area contributed by atoms with Crippen LogP contribution in [0.4, 0.5) is 5.69 Å². The van der Waals surface area contributed by atoms with E-state index in [1.54, 1.807) is 7.11 Å². The summed E-state index contributed by atoms with van der Waals surface area (Å²) in [6, 6.07) is 3.82. The molecule has 0 aromatic heterocycles. The van der Waals surface area contributed by atoms with E-state index >= 15 is 0 Å². The zero-order valence-electron chi connectivity index (χ0n) is 8.72. The van der Waals surface area contributed by atoms with Crippen LogP contribution >= 0.6 is 0 Å². The molecule has 2 heteroatoms. The number of anilines is 1. The molecule has 0 saturated carbocycles. The van der Waals surface area contributed by atoms with E-state index in [4.69, 9.17) is 10.5 Å². The maximum Gasteiger partial charge on any atom is 0.122 e. The van der Waals surface area contributed by atoms with Gasteiger partial charge in [0.2, 0.25) is 0 Å². The van der Waals surface area contributed by atoms with Crippen LogP contribution in [0, 0.1) is 6.92 Å². The van der Waals surface area contributed by atoms with Crippen LogP contribution in [-0.2, 0) is 0 Å². The van der Waals surface area contributed by atoms with Crippen LogP contribution in [0.15, 0.2) is 12.1 Å². The minimum Gasteiger partial charge on any atom is -0.496 e. The summed E-state index contributed by atoms with van der Waals surface area (Å²) in [6.07, 6.45) is 0. The molecule has 13 heavy (non-hydrogen) atoms. The van der Waals surface area contributed by atoms with Crippen LogP contribution in [0.2, 0.25) is 0 Å². The van der Waals surface area contributed by atoms with E-state index in [1.807, 2.05) is 19.1 Å². The maximum atomic E-state index is 5.89. The Morgan fingerprint density at radius 1 is 1.31 bits per heavy atom. The van der Waals surface area contributed by atoms with Crippen LogP contribution < -0.4 is 10.5 Å². The summed E-state index contributed by atoms with van der Waals surface area (Å²) < 4.78 is 5.24. The third-order valence-corrected chi connectivity index (χ3v) is 2.30. The molecule has 0 aliphatic rings. The monoisotopic (exact) mass is 179 g/mol. The van der Waals surface area contributed by atoms with Crippen LogP contribution in [0.1, 0.15) is 30.9 Å². The topological polar surface area (TPSA) is 35.2 Å². The van der Waals surface area contributed by atoms with Gasteiger partial charge in [0.1, 0.15) is 5.75 Å². The normalized spacial score (nSPS) is 10.5. The van der Waals surface area contributed by atoms with Gasteiger partial charge in [0.15, 0.2) is 0 Å². The number of benzene rings is 1. The average molecular weight is 179 g/mol. The number of rotatable bonds is 2. The highest BCUT2D eigenvalue weighted by Gasteiger charge is 2.11. The molecular formula is C11H17NO. The summed E-state index contributed by atoms with van der Waals surface area (Å²) in [5, 5.41) is 0. The molecule has 0 amide bonds. The van der Waals surface area contributed by atoms with E-state index < -0.39 is 0 Å². The van der Waals surface area contributed by atoms with Crippen molar-refractivity contribution in [2.45, 2.75) is 26.7 Å². The number of nitrogen functional groups attached to an aromatic ring is 1. The molecule has 0 aliphatic heterocycles. The Bertz CT molecular complexity index is 305. The molecule has 0 saturated heterocycles. The molecule has 0 aliphatic carbocycles. The summed E-state index contributed by atoms with van der Waals surface area (Å²) in [4.78, 5) is 0. The average Bonchev–Trinajstić information content (AvgIpc) is 2.04. The van der Waals surface area contributed by atoms with E-state index in [0.29, 0.717) is 5.92 Å². The Kier molecular flexibility index (Phi) is 2.81. The smallest absolute Gasteiger partial charge is 0.122 e. The molecular weight excluding hydrogens is 162 g/mol. The SMILES string of the molecule is COc1ccc(N)c(C(C)C)c1C. The van der Waals surface area contributed by atoms with Gasteiger partial charge in [0, 0.05) is 5.69 Å². The molecule has 1 aromatic carbocycles. The first-order valence-corrected chi connectivity index (χ1v) is 4.51. The second-order valence-corrected chi connectivity index (χ2v) is 3.55. The lowest BCUT2D eigenvalue weighted by Crippen LogP contribution is -2.01.